The van der Waals surface area contributed by atoms with Gasteiger partial charge in [-0.3, -0.25) is 9.59 Å². The van der Waals surface area contributed by atoms with Gasteiger partial charge in [0, 0.05) is 17.7 Å². The van der Waals surface area contributed by atoms with Gasteiger partial charge in [0.15, 0.2) is 18.1 Å². The highest BCUT2D eigenvalue weighted by atomic mass is 19.1. The van der Waals surface area contributed by atoms with Crippen LogP contribution < -0.4 is 14.8 Å². The lowest BCUT2D eigenvalue weighted by molar-refractivity contribution is -0.136. The molecular weight excluding hydrogens is 353 g/mol. The van der Waals surface area contributed by atoms with Crippen LogP contribution in [0.25, 0.3) is 0 Å². The van der Waals surface area contributed by atoms with Gasteiger partial charge in [-0.1, -0.05) is 18.2 Å². The lowest BCUT2D eigenvalue weighted by atomic mass is 10.0. The number of carbonyl (C=O) groups is 2. The fraction of sp³-hybridized carbons (Fsp3) is 0.300. The van der Waals surface area contributed by atoms with Crippen molar-refractivity contribution < 1.29 is 28.6 Å². The van der Waals surface area contributed by atoms with Crippen LogP contribution in [-0.4, -0.2) is 29.2 Å². The quantitative estimate of drug-likeness (QED) is 0.812. The second kappa shape index (κ2) is 7.26. The molecule has 1 heterocycles. The van der Waals surface area contributed by atoms with Crippen molar-refractivity contribution in [1.29, 1.82) is 0 Å². The van der Waals surface area contributed by atoms with E-state index in [-0.39, 0.29) is 23.5 Å². The number of carboxylic acids is 1. The van der Waals surface area contributed by atoms with E-state index < -0.39 is 24.1 Å². The molecule has 0 atom stereocenters. The van der Waals surface area contributed by atoms with Crippen LogP contribution in [0.1, 0.15) is 25.0 Å². The van der Waals surface area contributed by atoms with Crippen molar-refractivity contribution in [3.63, 3.8) is 0 Å². The predicted molar refractivity (Wildman–Crippen MR) is 96.7 cm³/mol. The van der Waals surface area contributed by atoms with Gasteiger partial charge >= 0.3 is 5.97 Å². The molecular formula is C20H20FNO5. The molecule has 1 amide bonds. The van der Waals surface area contributed by atoms with Crippen LogP contribution >= 0.6 is 0 Å². The molecule has 0 fully saturated rings. The third kappa shape index (κ3) is 4.55. The minimum Gasteiger partial charge on any atom is -0.483 e. The summed E-state index contributed by atoms with van der Waals surface area (Å²) in [5.41, 5.74) is 0.982. The van der Waals surface area contributed by atoms with E-state index in [4.69, 9.17) is 14.6 Å². The summed E-state index contributed by atoms with van der Waals surface area (Å²) in [6, 6.07) is 9.40. The Morgan fingerprint density at radius 1 is 1.30 bits per heavy atom. The fourth-order valence-electron chi connectivity index (χ4n) is 2.97. The Morgan fingerprint density at radius 3 is 2.78 bits per heavy atom. The highest BCUT2D eigenvalue weighted by Gasteiger charge is 2.32. The number of amides is 1. The summed E-state index contributed by atoms with van der Waals surface area (Å²) in [5.74, 6) is -1.15. The molecule has 2 aromatic rings. The Hall–Kier alpha value is -3.09. The molecule has 142 valence electrons. The standard InChI is InChI=1S/C20H20FNO5/c1-20(2)10-13-4-3-5-16(19(13)27-20)26-11-17(23)22-14-7-6-12(8-18(24)25)15(21)9-14/h3-7,9H,8,10-11H2,1-2H3,(H,22,23)(H,24,25). The molecule has 6 nitrogen and oxygen atoms in total. The summed E-state index contributed by atoms with van der Waals surface area (Å²) in [6.45, 7) is 3.69. The monoisotopic (exact) mass is 373 g/mol. The number of carbonyl (C=O) groups excluding carboxylic acids is 1. The van der Waals surface area contributed by atoms with E-state index in [1.54, 1.807) is 6.07 Å². The second-order valence-corrected chi connectivity index (χ2v) is 7.00. The molecule has 7 heteroatoms. The number of hydrogen-bond donors (Lipinski definition) is 2. The molecule has 1 aliphatic rings. The van der Waals surface area contributed by atoms with E-state index in [9.17, 15) is 14.0 Å². The van der Waals surface area contributed by atoms with Crippen molar-refractivity contribution in [3.05, 3.63) is 53.3 Å². The first-order chi connectivity index (χ1) is 12.7. The first-order valence-electron chi connectivity index (χ1n) is 8.47. The minimum atomic E-state index is -1.13. The molecule has 0 aromatic heterocycles. The minimum absolute atomic E-state index is 0.0522. The van der Waals surface area contributed by atoms with Crippen molar-refractivity contribution in [3.8, 4) is 11.5 Å². The van der Waals surface area contributed by atoms with E-state index >= 15 is 0 Å². The number of nitrogens with one attached hydrogen (secondary N) is 1. The highest BCUT2D eigenvalue weighted by molar-refractivity contribution is 5.92. The second-order valence-electron chi connectivity index (χ2n) is 7.00. The number of fused-ring (bicyclic) bond motifs is 1. The fourth-order valence-corrected chi connectivity index (χ4v) is 2.97. The molecule has 0 spiro atoms. The Morgan fingerprint density at radius 2 is 2.07 bits per heavy atom. The summed E-state index contributed by atoms with van der Waals surface area (Å²) in [4.78, 5) is 22.8. The van der Waals surface area contributed by atoms with Gasteiger partial charge in [0.2, 0.25) is 0 Å². The first kappa shape index (κ1) is 18.7. The van der Waals surface area contributed by atoms with Crippen molar-refractivity contribution in [1.82, 2.24) is 0 Å². The number of carboxylic acid groups (broad SMARTS) is 1. The number of hydrogen-bond acceptors (Lipinski definition) is 4. The zero-order chi connectivity index (χ0) is 19.6. The van der Waals surface area contributed by atoms with E-state index in [2.05, 4.69) is 5.32 Å². The van der Waals surface area contributed by atoms with Gasteiger partial charge < -0.3 is 19.9 Å². The van der Waals surface area contributed by atoms with Gasteiger partial charge in [-0.25, -0.2) is 4.39 Å². The van der Waals surface area contributed by atoms with Crippen molar-refractivity contribution >= 4 is 17.6 Å². The number of ether oxygens (including phenoxy) is 2. The van der Waals surface area contributed by atoms with E-state index in [0.717, 1.165) is 18.1 Å². The lowest BCUT2D eigenvalue weighted by Gasteiger charge is -2.18. The van der Waals surface area contributed by atoms with Crippen LogP contribution in [0.15, 0.2) is 36.4 Å². The number of aliphatic carboxylic acids is 1. The van der Waals surface area contributed by atoms with Crippen LogP contribution in [0.2, 0.25) is 0 Å². The number of rotatable bonds is 6. The van der Waals surface area contributed by atoms with Gasteiger partial charge in [0.05, 0.1) is 6.42 Å². The maximum absolute atomic E-state index is 13.9. The summed E-state index contributed by atoms with van der Waals surface area (Å²) < 4.78 is 25.3. The van der Waals surface area contributed by atoms with Crippen molar-refractivity contribution in [2.75, 3.05) is 11.9 Å². The molecule has 0 saturated heterocycles. The van der Waals surface area contributed by atoms with Gasteiger partial charge in [0.25, 0.3) is 5.91 Å². The molecule has 2 N–H and O–H groups in total. The summed E-state index contributed by atoms with van der Waals surface area (Å²) in [7, 11) is 0. The van der Waals surface area contributed by atoms with Crippen LogP contribution in [0.5, 0.6) is 11.5 Å². The molecule has 27 heavy (non-hydrogen) atoms. The molecule has 0 bridgehead atoms. The summed E-state index contributed by atoms with van der Waals surface area (Å²) in [6.07, 6.45) is 0.340. The molecule has 1 aliphatic heterocycles. The third-order valence-corrected chi connectivity index (χ3v) is 4.09. The Kier molecular flexibility index (Phi) is 5.03. The zero-order valence-corrected chi connectivity index (χ0v) is 15.0. The SMILES string of the molecule is CC1(C)Cc2cccc(OCC(=O)Nc3ccc(CC(=O)O)c(F)c3)c2O1. The lowest BCUT2D eigenvalue weighted by Crippen LogP contribution is -2.25. The molecule has 2 aromatic carbocycles. The zero-order valence-electron chi connectivity index (χ0n) is 15.0. The topological polar surface area (TPSA) is 84.9 Å². The average Bonchev–Trinajstić information content (AvgIpc) is 2.89. The van der Waals surface area contributed by atoms with Gasteiger partial charge in [-0.15, -0.1) is 0 Å². The summed E-state index contributed by atoms with van der Waals surface area (Å²) in [5, 5.41) is 11.2. The molecule has 0 unspecified atom stereocenters. The molecule has 0 radical (unpaired) electrons. The van der Waals surface area contributed by atoms with Crippen LogP contribution in [-0.2, 0) is 22.4 Å². The Labute approximate surface area is 155 Å². The predicted octanol–water partition coefficient (Wildman–Crippen LogP) is 3.18. The van der Waals surface area contributed by atoms with Gasteiger partial charge in [-0.05, 0) is 37.6 Å². The van der Waals surface area contributed by atoms with Crippen molar-refractivity contribution in [2.24, 2.45) is 0 Å². The van der Waals surface area contributed by atoms with E-state index in [1.807, 2.05) is 26.0 Å². The number of halogens is 1. The third-order valence-electron chi connectivity index (χ3n) is 4.09. The van der Waals surface area contributed by atoms with Crippen LogP contribution in [0.3, 0.4) is 0 Å². The smallest absolute Gasteiger partial charge is 0.307 e. The number of para-hydroxylation sites is 1. The Bertz CT molecular complexity index is 894. The number of benzene rings is 2. The van der Waals surface area contributed by atoms with Gasteiger partial charge in [-0.2, -0.15) is 0 Å². The first-order valence-corrected chi connectivity index (χ1v) is 8.47. The normalized spacial score (nSPS) is 14.2. The van der Waals surface area contributed by atoms with Crippen molar-refractivity contribution in [2.45, 2.75) is 32.3 Å². The van der Waals surface area contributed by atoms with E-state index in [1.165, 1.54) is 12.1 Å². The molecule has 0 saturated carbocycles. The molecule has 3 rings (SSSR count). The Balaban J connectivity index is 1.61. The van der Waals surface area contributed by atoms with Gasteiger partial charge in [0.1, 0.15) is 11.4 Å². The largest absolute Gasteiger partial charge is 0.483 e. The molecule has 0 aliphatic carbocycles. The average molecular weight is 373 g/mol. The number of anilines is 1. The maximum Gasteiger partial charge on any atom is 0.307 e. The van der Waals surface area contributed by atoms with Crippen LogP contribution in [0.4, 0.5) is 10.1 Å². The highest BCUT2D eigenvalue weighted by Crippen LogP contribution is 2.41. The van der Waals surface area contributed by atoms with Crippen LogP contribution in [0, 0.1) is 5.82 Å². The maximum atomic E-state index is 13.9. The van der Waals surface area contributed by atoms with E-state index in [0.29, 0.717) is 11.5 Å². The summed E-state index contributed by atoms with van der Waals surface area (Å²) >= 11 is 0.